The molecule has 0 spiro atoms. The summed E-state index contributed by atoms with van der Waals surface area (Å²) >= 11 is 3.29. The lowest BCUT2D eigenvalue weighted by Gasteiger charge is -2.17. The number of hydrogen-bond donors (Lipinski definition) is 2. The number of fused-ring (bicyclic) bond motifs is 5. The monoisotopic (exact) mass is 494 g/mol. The standard InChI is InChI=1S/C23H19BrN4O4/c24-15-6-7-17(25-10-15)27-21(30)14-2-1-3-16(9-14)26-18(29)11-28-22(31)19-12-4-5-13(8-12)20(19)23(28)32/h1-7,9-10,12-13,19-20H,8,11H2,(H,26,29)(H,25,27,30). The Hall–Kier alpha value is -3.33. The lowest BCUT2D eigenvalue weighted by molar-refractivity contribution is -0.143. The van der Waals surface area contributed by atoms with Gasteiger partial charge < -0.3 is 10.6 Å². The fraction of sp³-hybridized carbons (Fsp3) is 0.261. The van der Waals surface area contributed by atoms with Gasteiger partial charge in [-0.15, -0.1) is 0 Å². The Morgan fingerprint density at radius 1 is 1.03 bits per heavy atom. The second kappa shape index (κ2) is 7.98. The van der Waals surface area contributed by atoms with Crippen molar-refractivity contribution in [2.45, 2.75) is 6.42 Å². The SMILES string of the molecule is O=C(CN1C(=O)C2C3C=CC(C3)C2C1=O)Nc1cccc(C(=O)Nc2ccc(Br)cn2)c1. The molecule has 4 atom stereocenters. The summed E-state index contributed by atoms with van der Waals surface area (Å²) in [5.74, 6) is -1.45. The Morgan fingerprint density at radius 2 is 1.75 bits per heavy atom. The normalized spacial score (nSPS) is 25.2. The van der Waals surface area contributed by atoms with Gasteiger partial charge in [0.15, 0.2) is 0 Å². The third-order valence-electron chi connectivity index (χ3n) is 6.24. The van der Waals surface area contributed by atoms with Crippen molar-refractivity contribution in [2.75, 3.05) is 17.2 Å². The first-order valence-electron chi connectivity index (χ1n) is 10.3. The quantitative estimate of drug-likeness (QED) is 0.490. The van der Waals surface area contributed by atoms with Crippen LogP contribution < -0.4 is 10.6 Å². The number of imide groups is 1. The second-order valence-corrected chi connectivity index (χ2v) is 9.12. The number of nitrogens with zero attached hydrogens (tertiary/aromatic N) is 2. The van der Waals surface area contributed by atoms with Crippen molar-refractivity contribution < 1.29 is 19.2 Å². The van der Waals surface area contributed by atoms with Gasteiger partial charge >= 0.3 is 0 Å². The number of amides is 4. The van der Waals surface area contributed by atoms with Crippen molar-refractivity contribution in [1.82, 2.24) is 9.88 Å². The molecule has 1 aliphatic heterocycles. The molecule has 5 rings (SSSR count). The number of allylic oxidation sites excluding steroid dienone is 2. The zero-order valence-corrected chi connectivity index (χ0v) is 18.4. The molecule has 32 heavy (non-hydrogen) atoms. The molecule has 2 N–H and O–H groups in total. The van der Waals surface area contributed by atoms with E-state index in [1.807, 2.05) is 12.2 Å². The molecule has 2 fully saturated rings. The molecule has 2 aliphatic carbocycles. The van der Waals surface area contributed by atoms with Crippen LogP contribution in [0.3, 0.4) is 0 Å². The highest BCUT2D eigenvalue weighted by atomic mass is 79.9. The lowest BCUT2D eigenvalue weighted by Crippen LogP contribution is -2.39. The summed E-state index contributed by atoms with van der Waals surface area (Å²) in [4.78, 5) is 55.7. The summed E-state index contributed by atoms with van der Waals surface area (Å²) in [6, 6.07) is 9.84. The van der Waals surface area contributed by atoms with Gasteiger partial charge in [0, 0.05) is 21.9 Å². The van der Waals surface area contributed by atoms with Crippen LogP contribution >= 0.6 is 15.9 Å². The minimum atomic E-state index is -0.487. The first-order chi connectivity index (χ1) is 15.4. The lowest BCUT2D eigenvalue weighted by atomic mass is 9.85. The van der Waals surface area contributed by atoms with Crippen LogP contribution in [0.25, 0.3) is 0 Å². The highest BCUT2D eigenvalue weighted by Crippen LogP contribution is 2.52. The first kappa shape index (κ1) is 20.6. The third-order valence-corrected chi connectivity index (χ3v) is 6.71. The van der Waals surface area contributed by atoms with Crippen LogP contribution in [-0.2, 0) is 14.4 Å². The van der Waals surface area contributed by atoms with E-state index in [0.717, 1.165) is 15.8 Å². The molecule has 2 bridgehead atoms. The van der Waals surface area contributed by atoms with Crippen LogP contribution in [0.5, 0.6) is 0 Å². The van der Waals surface area contributed by atoms with E-state index in [1.54, 1.807) is 36.5 Å². The molecule has 4 unspecified atom stereocenters. The Bertz CT molecular complexity index is 1130. The van der Waals surface area contributed by atoms with E-state index in [4.69, 9.17) is 0 Å². The summed E-state index contributed by atoms with van der Waals surface area (Å²) in [5.41, 5.74) is 0.727. The van der Waals surface area contributed by atoms with E-state index in [1.165, 1.54) is 6.07 Å². The Morgan fingerprint density at radius 3 is 2.41 bits per heavy atom. The van der Waals surface area contributed by atoms with E-state index in [2.05, 4.69) is 31.5 Å². The molecule has 1 saturated carbocycles. The largest absolute Gasteiger partial charge is 0.325 e. The van der Waals surface area contributed by atoms with Crippen LogP contribution in [0.15, 0.2) is 59.2 Å². The summed E-state index contributed by atoms with van der Waals surface area (Å²) in [7, 11) is 0. The number of hydrogen-bond acceptors (Lipinski definition) is 5. The van der Waals surface area contributed by atoms with Crippen molar-refractivity contribution in [3.05, 3.63) is 64.8 Å². The van der Waals surface area contributed by atoms with Crippen LogP contribution in [-0.4, -0.2) is 40.1 Å². The van der Waals surface area contributed by atoms with E-state index in [9.17, 15) is 19.2 Å². The number of benzene rings is 1. The zero-order valence-electron chi connectivity index (χ0n) is 16.8. The number of anilines is 2. The third kappa shape index (κ3) is 3.62. The van der Waals surface area contributed by atoms with Crippen molar-refractivity contribution in [3.63, 3.8) is 0 Å². The van der Waals surface area contributed by atoms with Gasteiger partial charge in [-0.3, -0.25) is 24.1 Å². The summed E-state index contributed by atoms with van der Waals surface area (Å²) < 4.78 is 0.794. The van der Waals surface area contributed by atoms with E-state index < -0.39 is 5.91 Å². The average molecular weight is 495 g/mol. The minimum absolute atomic E-state index is 0.102. The fourth-order valence-electron chi connectivity index (χ4n) is 4.84. The van der Waals surface area contributed by atoms with Crippen molar-refractivity contribution in [3.8, 4) is 0 Å². The van der Waals surface area contributed by atoms with Crippen molar-refractivity contribution in [2.24, 2.45) is 23.7 Å². The molecular formula is C23H19BrN4O4. The predicted octanol–water partition coefficient (Wildman–Crippen LogP) is 2.84. The topological polar surface area (TPSA) is 108 Å². The van der Waals surface area contributed by atoms with E-state index in [0.29, 0.717) is 17.1 Å². The summed E-state index contributed by atoms with van der Waals surface area (Å²) in [6.07, 6.45) is 6.45. The van der Waals surface area contributed by atoms with Gasteiger partial charge in [-0.2, -0.15) is 0 Å². The molecule has 1 saturated heterocycles. The second-order valence-electron chi connectivity index (χ2n) is 8.21. The molecule has 2 aromatic rings. The van der Waals surface area contributed by atoms with Crippen molar-refractivity contribution >= 4 is 51.1 Å². The van der Waals surface area contributed by atoms with E-state index >= 15 is 0 Å². The molecule has 1 aromatic carbocycles. The maximum atomic E-state index is 12.7. The van der Waals surface area contributed by atoms with Gasteiger partial charge in [0.1, 0.15) is 12.4 Å². The number of aromatic nitrogens is 1. The molecule has 162 valence electrons. The Labute approximate surface area is 192 Å². The number of likely N-dealkylation sites (tertiary alicyclic amines) is 1. The maximum Gasteiger partial charge on any atom is 0.256 e. The zero-order chi connectivity index (χ0) is 22.4. The van der Waals surface area contributed by atoms with Gasteiger partial charge in [-0.05, 0) is 64.5 Å². The summed E-state index contributed by atoms with van der Waals surface area (Å²) in [6.45, 7) is -0.330. The number of halogens is 1. The van der Waals surface area contributed by atoms with Crippen molar-refractivity contribution in [1.29, 1.82) is 0 Å². The van der Waals surface area contributed by atoms with Crippen LogP contribution in [0, 0.1) is 23.7 Å². The highest BCUT2D eigenvalue weighted by molar-refractivity contribution is 9.10. The molecule has 9 heteroatoms. The number of nitrogens with one attached hydrogen (secondary N) is 2. The smallest absolute Gasteiger partial charge is 0.256 e. The fourth-order valence-corrected chi connectivity index (χ4v) is 5.08. The molecule has 8 nitrogen and oxygen atoms in total. The summed E-state index contributed by atoms with van der Waals surface area (Å²) in [5, 5.41) is 5.36. The molecular weight excluding hydrogens is 476 g/mol. The van der Waals surface area contributed by atoms with Crippen LogP contribution in [0.4, 0.5) is 11.5 Å². The number of carbonyl (C=O) groups is 4. The number of carbonyl (C=O) groups excluding carboxylic acids is 4. The first-order valence-corrected chi connectivity index (χ1v) is 11.1. The van der Waals surface area contributed by atoms with Gasteiger partial charge in [0.05, 0.1) is 11.8 Å². The van der Waals surface area contributed by atoms with E-state index in [-0.39, 0.29) is 47.9 Å². The number of rotatable bonds is 5. The molecule has 4 amide bonds. The molecule has 1 aromatic heterocycles. The average Bonchev–Trinajstić information content (AvgIpc) is 3.46. The number of pyridine rings is 1. The van der Waals surface area contributed by atoms with Gasteiger partial charge in [0.2, 0.25) is 17.7 Å². The van der Waals surface area contributed by atoms with Gasteiger partial charge in [-0.1, -0.05) is 18.2 Å². The Balaban J connectivity index is 1.23. The predicted molar refractivity (Wildman–Crippen MR) is 119 cm³/mol. The highest BCUT2D eigenvalue weighted by Gasteiger charge is 2.59. The molecule has 2 heterocycles. The maximum absolute atomic E-state index is 12.7. The minimum Gasteiger partial charge on any atom is -0.325 e. The van der Waals surface area contributed by atoms with Crippen LogP contribution in [0.1, 0.15) is 16.8 Å². The Kier molecular flexibility index (Phi) is 5.13. The van der Waals surface area contributed by atoms with Gasteiger partial charge in [0.25, 0.3) is 5.91 Å². The van der Waals surface area contributed by atoms with Crippen LogP contribution in [0.2, 0.25) is 0 Å². The van der Waals surface area contributed by atoms with Gasteiger partial charge in [-0.25, -0.2) is 4.98 Å². The molecule has 3 aliphatic rings. The molecule has 0 radical (unpaired) electrons.